The monoisotopic (exact) mass is 468 g/mol. The van der Waals surface area contributed by atoms with Crippen LogP contribution in [0.25, 0.3) is 0 Å². The smallest absolute Gasteiger partial charge is 0.341 e. The van der Waals surface area contributed by atoms with Gasteiger partial charge in [-0.2, -0.15) is 0 Å². The van der Waals surface area contributed by atoms with E-state index in [0.717, 1.165) is 31.2 Å². The van der Waals surface area contributed by atoms with Gasteiger partial charge in [0.2, 0.25) is 5.91 Å². The Balaban J connectivity index is 1.92. The van der Waals surface area contributed by atoms with Gasteiger partial charge in [-0.15, -0.1) is 0 Å². The van der Waals surface area contributed by atoms with Crippen LogP contribution in [-0.4, -0.2) is 29.5 Å². The van der Waals surface area contributed by atoms with E-state index in [9.17, 15) is 19.7 Å². The van der Waals surface area contributed by atoms with Crippen molar-refractivity contribution in [2.75, 3.05) is 11.9 Å². The highest BCUT2D eigenvalue weighted by molar-refractivity contribution is 6.01. The molecular formula is C26H32N2O6. The topological polar surface area (TPSA) is 108 Å². The quantitative estimate of drug-likeness (QED) is 0.283. The largest absolute Gasteiger partial charge is 0.490 e. The molecule has 3 rings (SSSR count). The summed E-state index contributed by atoms with van der Waals surface area (Å²) in [5.74, 6) is -0.292. The molecule has 1 unspecified atom stereocenters. The lowest BCUT2D eigenvalue weighted by Gasteiger charge is -2.36. The lowest BCUT2D eigenvalue weighted by molar-refractivity contribution is -0.384. The summed E-state index contributed by atoms with van der Waals surface area (Å²) in [7, 11) is 0. The number of non-ortho nitro benzene ring substituents is 1. The maximum atomic E-state index is 13.6. The molecule has 1 N–H and O–H groups in total. The first-order chi connectivity index (χ1) is 16.3. The highest BCUT2D eigenvalue weighted by atomic mass is 16.6. The second-order valence-electron chi connectivity index (χ2n) is 8.67. The Morgan fingerprint density at radius 2 is 1.76 bits per heavy atom. The zero-order valence-electron chi connectivity index (χ0n) is 20.0. The molecule has 2 aromatic carbocycles. The van der Waals surface area contributed by atoms with E-state index >= 15 is 0 Å². The highest BCUT2D eigenvalue weighted by Crippen LogP contribution is 2.41. The maximum Gasteiger partial charge on any atom is 0.341 e. The summed E-state index contributed by atoms with van der Waals surface area (Å²) >= 11 is 0. The Morgan fingerprint density at radius 3 is 2.35 bits per heavy atom. The Morgan fingerprint density at radius 1 is 1.09 bits per heavy atom. The normalized spacial score (nSPS) is 15.7. The number of nitrogens with zero attached hydrogens (tertiary/aromatic N) is 1. The van der Waals surface area contributed by atoms with Gasteiger partial charge in [-0.25, -0.2) is 4.79 Å². The molecule has 1 fully saturated rings. The number of carbonyl (C=O) groups excluding carboxylic acids is 2. The van der Waals surface area contributed by atoms with Crippen LogP contribution < -0.4 is 10.1 Å². The van der Waals surface area contributed by atoms with E-state index in [1.165, 1.54) is 12.1 Å². The fourth-order valence-corrected chi connectivity index (χ4v) is 4.33. The van der Waals surface area contributed by atoms with Crippen molar-refractivity contribution >= 4 is 23.3 Å². The van der Waals surface area contributed by atoms with Gasteiger partial charge in [-0.3, -0.25) is 14.9 Å². The molecule has 34 heavy (non-hydrogen) atoms. The predicted molar refractivity (Wildman–Crippen MR) is 129 cm³/mol. The summed E-state index contributed by atoms with van der Waals surface area (Å²) in [6.07, 6.45) is 4.81. The third-order valence-corrected chi connectivity index (χ3v) is 6.41. The van der Waals surface area contributed by atoms with Crippen LogP contribution in [0.1, 0.15) is 75.2 Å². The van der Waals surface area contributed by atoms with Crippen LogP contribution in [0.3, 0.4) is 0 Å². The molecule has 1 aliphatic carbocycles. The number of anilines is 1. The fourth-order valence-electron chi connectivity index (χ4n) is 4.33. The molecule has 8 nitrogen and oxygen atoms in total. The van der Waals surface area contributed by atoms with E-state index in [4.69, 9.17) is 9.47 Å². The van der Waals surface area contributed by atoms with Gasteiger partial charge < -0.3 is 14.8 Å². The van der Waals surface area contributed by atoms with Crippen LogP contribution in [0.2, 0.25) is 0 Å². The second kappa shape index (κ2) is 11.1. The molecule has 2 aromatic rings. The Bertz CT molecular complexity index is 1030. The predicted octanol–water partition coefficient (Wildman–Crippen LogP) is 5.79. The van der Waals surface area contributed by atoms with Crippen molar-refractivity contribution in [1.82, 2.24) is 0 Å². The zero-order chi connectivity index (χ0) is 24.7. The van der Waals surface area contributed by atoms with E-state index < -0.39 is 16.3 Å². The number of nitro groups is 1. The Labute approximate surface area is 199 Å². The molecule has 0 heterocycles. The van der Waals surface area contributed by atoms with Crippen LogP contribution in [0.5, 0.6) is 5.75 Å². The Hall–Kier alpha value is -3.42. The Kier molecular flexibility index (Phi) is 8.26. The van der Waals surface area contributed by atoms with E-state index in [2.05, 4.69) is 5.32 Å². The minimum Gasteiger partial charge on any atom is -0.490 e. The van der Waals surface area contributed by atoms with Gasteiger partial charge in [0.1, 0.15) is 11.3 Å². The number of benzene rings is 2. The number of carbonyl (C=O) groups is 2. The van der Waals surface area contributed by atoms with Gasteiger partial charge in [0.15, 0.2) is 0 Å². The SMILES string of the molecule is CCOC(=O)c1cc(NC(=O)C2(c3ccc([N+](=O)[O-])cc3)CCCCC2)ccc1OC(C)CC. The van der Waals surface area contributed by atoms with Gasteiger partial charge in [0.05, 0.1) is 23.0 Å². The maximum absolute atomic E-state index is 13.6. The van der Waals surface area contributed by atoms with Crippen LogP contribution >= 0.6 is 0 Å². The van der Waals surface area contributed by atoms with Crippen molar-refractivity contribution in [2.45, 2.75) is 70.8 Å². The first kappa shape index (κ1) is 25.2. The highest BCUT2D eigenvalue weighted by Gasteiger charge is 2.41. The number of nitro benzene ring substituents is 1. The van der Waals surface area contributed by atoms with Gasteiger partial charge in [-0.05, 0) is 56.9 Å². The molecule has 8 heteroatoms. The summed E-state index contributed by atoms with van der Waals surface area (Å²) in [6.45, 7) is 5.87. The lowest BCUT2D eigenvalue weighted by Crippen LogP contribution is -2.42. The van der Waals surface area contributed by atoms with Gasteiger partial charge in [0.25, 0.3) is 5.69 Å². The van der Waals surface area contributed by atoms with Crippen LogP contribution in [0.15, 0.2) is 42.5 Å². The minimum atomic E-state index is -0.788. The number of amides is 1. The standard InChI is InChI=1S/C26H32N2O6/c1-4-18(3)34-23-14-11-20(17-22(23)24(29)33-5-2)27-25(30)26(15-7-6-8-16-26)19-9-12-21(13-10-19)28(31)32/h9-14,17-18H,4-8,15-16H2,1-3H3,(H,27,30). The van der Waals surface area contributed by atoms with Gasteiger partial charge in [-0.1, -0.05) is 38.3 Å². The van der Waals surface area contributed by atoms with Crippen molar-refractivity contribution in [3.05, 3.63) is 63.7 Å². The number of hydrogen-bond donors (Lipinski definition) is 1. The molecule has 0 spiro atoms. The van der Waals surface area contributed by atoms with Gasteiger partial charge >= 0.3 is 5.97 Å². The number of esters is 1. The van der Waals surface area contributed by atoms with Crippen molar-refractivity contribution < 1.29 is 24.0 Å². The third kappa shape index (κ3) is 5.55. The molecule has 0 aliphatic heterocycles. The van der Waals surface area contributed by atoms with Gasteiger partial charge in [0, 0.05) is 17.8 Å². The van der Waals surface area contributed by atoms with Crippen molar-refractivity contribution in [3.63, 3.8) is 0 Å². The van der Waals surface area contributed by atoms with E-state index in [0.29, 0.717) is 24.3 Å². The second-order valence-corrected chi connectivity index (χ2v) is 8.67. The fraction of sp³-hybridized carbons (Fsp3) is 0.462. The molecule has 1 aliphatic rings. The van der Waals surface area contributed by atoms with Crippen LogP contribution in [-0.2, 0) is 14.9 Å². The van der Waals surface area contributed by atoms with Crippen LogP contribution in [0.4, 0.5) is 11.4 Å². The molecule has 1 saturated carbocycles. The van der Waals surface area contributed by atoms with Crippen LogP contribution in [0, 0.1) is 10.1 Å². The average molecular weight is 469 g/mol. The van der Waals surface area contributed by atoms with Crippen molar-refractivity contribution in [3.8, 4) is 5.75 Å². The molecule has 1 amide bonds. The molecular weight excluding hydrogens is 436 g/mol. The number of hydrogen-bond acceptors (Lipinski definition) is 6. The van der Waals surface area contributed by atoms with E-state index in [-0.39, 0.29) is 29.9 Å². The third-order valence-electron chi connectivity index (χ3n) is 6.41. The van der Waals surface area contributed by atoms with E-state index in [1.54, 1.807) is 37.3 Å². The molecule has 0 saturated heterocycles. The van der Waals surface area contributed by atoms with E-state index in [1.807, 2.05) is 13.8 Å². The van der Waals surface area contributed by atoms with Crippen molar-refractivity contribution in [1.29, 1.82) is 0 Å². The minimum absolute atomic E-state index is 0.00825. The number of ether oxygens (including phenoxy) is 2. The van der Waals surface area contributed by atoms with Crippen molar-refractivity contribution in [2.24, 2.45) is 0 Å². The molecule has 0 aromatic heterocycles. The molecule has 0 bridgehead atoms. The summed E-state index contributed by atoms with van der Waals surface area (Å²) in [6, 6.07) is 11.2. The first-order valence-electron chi connectivity index (χ1n) is 11.8. The number of rotatable bonds is 9. The summed E-state index contributed by atoms with van der Waals surface area (Å²) in [5, 5.41) is 14.1. The molecule has 182 valence electrons. The first-order valence-corrected chi connectivity index (χ1v) is 11.8. The molecule has 1 atom stereocenters. The summed E-state index contributed by atoms with van der Waals surface area (Å²) < 4.78 is 11.1. The average Bonchev–Trinajstić information content (AvgIpc) is 2.85. The lowest BCUT2D eigenvalue weighted by atomic mass is 9.68. The zero-order valence-corrected chi connectivity index (χ0v) is 20.0. The number of nitrogens with one attached hydrogen (secondary N) is 1. The summed E-state index contributed by atoms with van der Waals surface area (Å²) in [5.41, 5.74) is 0.691. The summed E-state index contributed by atoms with van der Waals surface area (Å²) in [4.78, 5) is 36.8. The molecule has 0 radical (unpaired) electrons.